The van der Waals surface area contributed by atoms with Gasteiger partial charge < -0.3 is 14.8 Å². The average Bonchev–Trinajstić information content (AvgIpc) is 2.31. The van der Waals surface area contributed by atoms with Gasteiger partial charge in [0.05, 0.1) is 11.4 Å². The summed E-state index contributed by atoms with van der Waals surface area (Å²) in [6.45, 7) is 3.25. The molecule has 0 aliphatic carbocycles. The van der Waals surface area contributed by atoms with Crippen LogP contribution in [0.25, 0.3) is 0 Å². The van der Waals surface area contributed by atoms with Crippen molar-refractivity contribution in [3.8, 4) is 5.75 Å². The highest BCUT2D eigenvalue weighted by molar-refractivity contribution is 5.77. The zero-order chi connectivity index (χ0) is 10.0. The van der Waals surface area contributed by atoms with Crippen molar-refractivity contribution in [1.29, 1.82) is 0 Å². The minimum Gasteiger partial charge on any atom is -0.449 e. The zero-order valence-electron chi connectivity index (χ0n) is 7.25. The molecule has 0 radical (unpaired) electrons. The number of aromatic nitrogens is 1. The molecule has 1 rings (SSSR count). The molecule has 0 spiro atoms. The number of aryl methyl sites for hydroxylation is 1. The monoisotopic (exact) mass is 183 g/mol. The zero-order valence-corrected chi connectivity index (χ0v) is 7.25. The number of H-pyrrole nitrogens is 1. The summed E-state index contributed by atoms with van der Waals surface area (Å²) in [5.41, 5.74) is 1.38. The fraction of sp³-hybridized carbons (Fsp3) is 0.250. The van der Waals surface area contributed by atoms with E-state index >= 15 is 0 Å². The fourth-order valence-corrected chi connectivity index (χ4v) is 1.11. The van der Waals surface area contributed by atoms with Gasteiger partial charge >= 0.3 is 6.16 Å². The fourth-order valence-electron chi connectivity index (χ4n) is 1.11. The van der Waals surface area contributed by atoms with Crippen LogP contribution in [0.15, 0.2) is 0 Å². The highest BCUT2D eigenvalue weighted by Crippen LogP contribution is 2.24. The van der Waals surface area contributed by atoms with Gasteiger partial charge in [-0.2, -0.15) is 0 Å². The Morgan fingerprint density at radius 1 is 1.54 bits per heavy atom. The van der Waals surface area contributed by atoms with Crippen LogP contribution in [0.2, 0.25) is 0 Å². The molecule has 0 aliphatic heterocycles. The van der Waals surface area contributed by atoms with E-state index < -0.39 is 6.16 Å². The van der Waals surface area contributed by atoms with E-state index in [1.54, 1.807) is 13.8 Å². The van der Waals surface area contributed by atoms with E-state index in [4.69, 9.17) is 5.11 Å². The molecule has 0 amide bonds. The Labute approximate surface area is 74.3 Å². The van der Waals surface area contributed by atoms with Crippen LogP contribution < -0.4 is 4.74 Å². The standard InChI is InChI=1S/C8H9NO4/c1-4-6(3-10)9-5(2)7(4)13-8(11)12/h3,9H,1-2H3,(H,11,12). The lowest BCUT2D eigenvalue weighted by atomic mass is 10.2. The molecular formula is C8H9NO4. The Hall–Kier alpha value is -1.78. The maximum Gasteiger partial charge on any atom is 0.511 e. The lowest BCUT2D eigenvalue weighted by molar-refractivity contribution is 0.111. The minimum absolute atomic E-state index is 0.203. The molecule has 0 atom stereocenters. The van der Waals surface area contributed by atoms with Crippen molar-refractivity contribution in [3.63, 3.8) is 0 Å². The molecular weight excluding hydrogens is 174 g/mol. The Kier molecular flexibility index (Phi) is 2.36. The number of carbonyl (C=O) groups excluding carboxylic acids is 1. The molecule has 1 heterocycles. The van der Waals surface area contributed by atoms with Gasteiger partial charge in [-0.15, -0.1) is 0 Å². The van der Waals surface area contributed by atoms with Gasteiger partial charge in [0, 0.05) is 5.56 Å². The summed E-state index contributed by atoms with van der Waals surface area (Å²) in [6.07, 6.45) is -0.764. The van der Waals surface area contributed by atoms with Crippen LogP contribution in [0.3, 0.4) is 0 Å². The smallest absolute Gasteiger partial charge is 0.449 e. The van der Waals surface area contributed by atoms with Gasteiger partial charge in [-0.25, -0.2) is 4.79 Å². The molecule has 0 aromatic carbocycles. The van der Waals surface area contributed by atoms with Gasteiger partial charge in [-0.1, -0.05) is 0 Å². The highest BCUT2D eigenvalue weighted by atomic mass is 16.7. The predicted octanol–water partition coefficient (Wildman–Crippen LogP) is 1.50. The molecule has 1 aromatic rings. The summed E-state index contributed by atoms with van der Waals surface area (Å²) in [6, 6.07) is 0. The van der Waals surface area contributed by atoms with Crippen LogP contribution in [0, 0.1) is 13.8 Å². The Morgan fingerprint density at radius 2 is 2.15 bits per heavy atom. The van der Waals surface area contributed by atoms with Gasteiger partial charge in [0.15, 0.2) is 12.0 Å². The van der Waals surface area contributed by atoms with Gasteiger partial charge in [0.1, 0.15) is 0 Å². The first-order chi connectivity index (χ1) is 6.06. The summed E-state index contributed by atoms with van der Waals surface area (Å²) in [7, 11) is 0. The number of carbonyl (C=O) groups is 2. The van der Waals surface area contributed by atoms with E-state index in [0.717, 1.165) is 0 Å². The summed E-state index contributed by atoms with van der Waals surface area (Å²) in [5.74, 6) is 0.203. The number of hydrogen-bond acceptors (Lipinski definition) is 3. The number of aldehydes is 1. The van der Waals surface area contributed by atoms with Gasteiger partial charge in [0.2, 0.25) is 0 Å². The molecule has 70 valence electrons. The first-order valence-corrected chi connectivity index (χ1v) is 3.61. The van der Waals surface area contributed by atoms with Crippen molar-refractivity contribution >= 4 is 12.4 Å². The van der Waals surface area contributed by atoms with Crippen molar-refractivity contribution in [2.24, 2.45) is 0 Å². The maximum absolute atomic E-state index is 10.4. The van der Waals surface area contributed by atoms with E-state index in [0.29, 0.717) is 23.2 Å². The number of carboxylic acid groups (broad SMARTS) is 1. The molecule has 0 bridgehead atoms. The van der Waals surface area contributed by atoms with Gasteiger partial charge in [-0.3, -0.25) is 4.79 Å². The summed E-state index contributed by atoms with van der Waals surface area (Å²) >= 11 is 0. The lowest BCUT2D eigenvalue weighted by Crippen LogP contribution is -2.04. The molecule has 0 saturated carbocycles. The predicted molar refractivity (Wildman–Crippen MR) is 44.3 cm³/mol. The molecule has 13 heavy (non-hydrogen) atoms. The number of rotatable bonds is 2. The molecule has 0 aliphatic rings. The minimum atomic E-state index is -1.39. The lowest BCUT2D eigenvalue weighted by Gasteiger charge is -1.98. The molecule has 2 N–H and O–H groups in total. The number of nitrogens with one attached hydrogen (secondary N) is 1. The number of ether oxygens (including phenoxy) is 1. The van der Waals surface area contributed by atoms with E-state index in [2.05, 4.69) is 9.72 Å². The van der Waals surface area contributed by atoms with Crippen molar-refractivity contribution in [1.82, 2.24) is 4.98 Å². The largest absolute Gasteiger partial charge is 0.511 e. The van der Waals surface area contributed by atoms with Crippen LogP contribution in [-0.2, 0) is 0 Å². The van der Waals surface area contributed by atoms with Crippen molar-refractivity contribution < 1.29 is 19.4 Å². The molecule has 0 unspecified atom stereocenters. The van der Waals surface area contributed by atoms with Crippen LogP contribution in [-0.4, -0.2) is 22.5 Å². The second kappa shape index (κ2) is 3.30. The third kappa shape index (κ3) is 1.69. The van der Waals surface area contributed by atoms with Gasteiger partial charge in [0.25, 0.3) is 0 Å². The van der Waals surface area contributed by atoms with Crippen molar-refractivity contribution in [2.75, 3.05) is 0 Å². The summed E-state index contributed by atoms with van der Waals surface area (Å²) in [5, 5.41) is 8.37. The average molecular weight is 183 g/mol. The molecule has 0 saturated heterocycles. The third-order valence-corrected chi connectivity index (χ3v) is 1.71. The first-order valence-electron chi connectivity index (χ1n) is 3.61. The van der Waals surface area contributed by atoms with E-state index in [9.17, 15) is 9.59 Å². The normalized spacial score (nSPS) is 9.69. The molecule has 1 aromatic heterocycles. The topological polar surface area (TPSA) is 79.4 Å². The van der Waals surface area contributed by atoms with Crippen molar-refractivity contribution in [3.05, 3.63) is 17.0 Å². The van der Waals surface area contributed by atoms with Crippen LogP contribution >= 0.6 is 0 Å². The second-order valence-electron chi connectivity index (χ2n) is 2.60. The number of hydrogen-bond donors (Lipinski definition) is 2. The second-order valence-corrected chi connectivity index (χ2v) is 2.60. The Balaban J connectivity index is 3.12. The maximum atomic E-state index is 10.4. The summed E-state index contributed by atoms with van der Waals surface area (Å²) in [4.78, 5) is 23.4. The quantitative estimate of drug-likeness (QED) is 0.537. The molecule has 0 fully saturated rings. The Morgan fingerprint density at radius 3 is 2.54 bits per heavy atom. The first kappa shape index (κ1) is 9.31. The SMILES string of the molecule is Cc1[nH]c(C=O)c(C)c1OC(=O)O. The van der Waals surface area contributed by atoms with E-state index in [1.807, 2.05) is 0 Å². The number of aromatic amines is 1. The summed E-state index contributed by atoms with van der Waals surface area (Å²) < 4.78 is 4.48. The van der Waals surface area contributed by atoms with Crippen LogP contribution in [0.5, 0.6) is 5.75 Å². The molecule has 5 nitrogen and oxygen atoms in total. The van der Waals surface area contributed by atoms with E-state index in [1.165, 1.54) is 0 Å². The van der Waals surface area contributed by atoms with E-state index in [-0.39, 0.29) is 5.75 Å². The highest BCUT2D eigenvalue weighted by Gasteiger charge is 2.14. The molecule has 5 heteroatoms. The van der Waals surface area contributed by atoms with Crippen LogP contribution in [0.4, 0.5) is 4.79 Å². The van der Waals surface area contributed by atoms with Gasteiger partial charge in [-0.05, 0) is 13.8 Å². The Bertz CT molecular complexity index is 353. The van der Waals surface area contributed by atoms with Crippen molar-refractivity contribution in [2.45, 2.75) is 13.8 Å². The van der Waals surface area contributed by atoms with Crippen LogP contribution in [0.1, 0.15) is 21.7 Å². The third-order valence-electron chi connectivity index (χ3n) is 1.71.